The van der Waals surface area contributed by atoms with Crippen LogP contribution in [0.5, 0.6) is 17.2 Å². The minimum Gasteiger partial charge on any atom is -0.508 e. The molecule has 0 unspecified atom stereocenters. The number of ether oxygens (including phenoxy) is 1. The van der Waals surface area contributed by atoms with E-state index in [1.54, 1.807) is 42.5 Å². The van der Waals surface area contributed by atoms with E-state index in [1.807, 2.05) is 6.07 Å². The number of hydrogen-bond donors (Lipinski definition) is 1. The standard InChI is InChI=1S/C22H14F3NO2/c23-22(24,25)18-11-5-10-17-20(14-6-4-7-15(27)12-14)19(13-26-21(17)18)28-16-8-2-1-3-9-16/h1-13,27H. The van der Waals surface area contributed by atoms with Gasteiger partial charge in [0.05, 0.1) is 17.3 Å². The minimum absolute atomic E-state index is 0.0000920. The Morgan fingerprint density at radius 2 is 1.61 bits per heavy atom. The van der Waals surface area contributed by atoms with E-state index in [1.165, 1.54) is 24.4 Å². The van der Waals surface area contributed by atoms with Gasteiger partial charge >= 0.3 is 6.18 Å². The molecule has 140 valence electrons. The predicted octanol–water partition coefficient (Wildman–Crippen LogP) is 6.42. The highest BCUT2D eigenvalue weighted by Gasteiger charge is 2.33. The van der Waals surface area contributed by atoms with E-state index in [4.69, 9.17) is 4.74 Å². The van der Waals surface area contributed by atoms with E-state index >= 15 is 0 Å². The smallest absolute Gasteiger partial charge is 0.418 e. The molecule has 3 nitrogen and oxygen atoms in total. The van der Waals surface area contributed by atoms with Crippen LogP contribution in [-0.4, -0.2) is 10.1 Å². The number of phenols is 1. The van der Waals surface area contributed by atoms with Crippen LogP contribution in [-0.2, 0) is 6.18 Å². The molecule has 0 saturated heterocycles. The second-order valence-electron chi connectivity index (χ2n) is 6.16. The van der Waals surface area contributed by atoms with Crippen LogP contribution in [0.25, 0.3) is 22.0 Å². The third-order valence-electron chi connectivity index (χ3n) is 4.27. The van der Waals surface area contributed by atoms with E-state index in [0.717, 1.165) is 6.07 Å². The molecule has 4 rings (SSSR count). The summed E-state index contributed by atoms with van der Waals surface area (Å²) in [5.41, 5.74) is -0.0417. The van der Waals surface area contributed by atoms with E-state index in [9.17, 15) is 18.3 Å². The number of benzene rings is 3. The summed E-state index contributed by atoms with van der Waals surface area (Å²) in [5, 5.41) is 10.2. The molecule has 1 heterocycles. The average molecular weight is 381 g/mol. The second kappa shape index (κ2) is 6.88. The molecule has 0 aliphatic heterocycles. The largest absolute Gasteiger partial charge is 0.508 e. The third kappa shape index (κ3) is 3.36. The van der Waals surface area contributed by atoms with Gasteiger partial charge in [-0.1, -0.05) is 42.5 Å². The monoisotopic (exact) mass is 381 g/mol. The van der Waals surface area contributed by atoms with Crippen LogP contribution >= 0.6 is 0 Å². The Hall–Kier alpha value is -3.54. The first-order valence-corrected chi connectivity index (χ1v) is 8.45. The number of alkyl halides is 3. The molecular formula is C22H14F3NO2. The van der Waals surface area contributed by atoms with Gasteiger partial charge < -0.3 is 9.84 Å². The number of halogens is 3. The maximum Gasteiger partial charge on any atom is 0.418 e. The number of rotatable bonds is 3. The van der Waals surface area contributed by atoms with Gasteiger partial charge in [0.25, 0.3) is 0 Å². The lowest BCUT2D eigenvalue weighted by Gasteiger charge is -2.16. The van der Waals surface area contributed by atoms with Crippen LogP contribution in [0.4, 0.5) is 13.2 Å². The van der Waals surface area contributed by atoms with Gasteiger partial charge in [-0.15, -0.1) is 0 Å². The molecule has 0 bridgehead atoms. The molecule has 0 atom stereocenters. The summed E-state index contributed by atoms with van der Waals surface area (Å²) < 4.78 is 46.3. The van der Waals surface area contributed by atoms with Gasteiger partial charge in [0, 0.05) is 10.9 Å². The van der Waals surface area contributed by atoms with Crippen molar-refractivity contribution in [2.75, 3.05) is 0 Å². The molecule has 0 aliphatic carbocycles. The van der Waals surface area contributed by atoms with Crippen LogP contribution in [0.15, 0.2) is 79.0 Å². The Morgan fingerprint density at radius 1 is 0.857 bits per heavy atom. The van der Waals surface area contributed by atoms with Gasteiger partial charge in [-0.05, 0) is 35.9 Å². The first-order valence-electron chi connectivity index (χ1n) is 8.45. The van der Waals surface area contributed by atoms with Crippen molar-refractivity contribution in [2.24, 2.45) is 0 Å². The third-order valence-corrected chi connectivity index (χ3v) is 4.27. The number of aromatic hydroxyl groups is 1. The molecule has 4 aromatic rings. The fourth-order valence-corrected chi connectivity index (χ4v) is 3.09. The normalized spacial score (nSPS) is 11.5. The Balaban J connectivity index is 2.00. The van der Waals surface area contributed by atoms with Gasteiger partial charge in [0.1, 0.15) is 11.5 Å². The van der Waals surface area contributed by atoms with Crippen molar-refractivity contribution in [3.63, 3.8) is 0 Å². The zero-order valence-electron chi connectivity index (χ0n) is 14.4. The average Bonchev–Trinajstić information content (AvgIpc) is 2.67. The summed E-state index contributed by atoms with van der Waals surface area (Å²) in [7, 11) is 0. The fraction of sp³-hybridized carbons (Fsp3) is 0.0455. The Morgan fingerprint density at radius 3 is 2.32 bits per heavy atom. The Kier molecular flexibility index (Phi) is 4.39. The Labute approximate surface area is 158 Å². The van der Waals surface area contributed by atoms with E-state index in [-0.39, 0.29) is 16.7 Å². The summed E-state index contributed by atoms with van der Waals surface area (Å²) >= 11 is 0. The first-order chi connectivity index (χ1) is 13.4. The molecular weight excluding hydrogens is 367 g/mol. The molecule has 0 fully saturated rings. The van der Waals surface area contributed by atoms with Crippen molar-refractivity contribution >= 4 is 10.9 Å². The maximum absolute atomic E-state index is 13.5. The predicted molar refractivity (Wildman–Crippen MR) is 100 cm³/mol. The van der Waals surface area contributed by atoms with Crippen molar-refractivity contribution < 1.29 is 23.0 Å². The van der Waals surface area contributed by atoms with Gasteiger partial charge in [-0.25, -0.2) is 0 Å². The second-order valence-corrected chi connectivity index (χ2v) is 6.16. The SMILES string of the molecule is Oc1cccc(-c2c(Oc3ccccc3)cnc3c(C(F)(F)F)cccc23)c1. The van der Waals surface area contributed by atoms with E-state index < -0.39 is 11.7 Å². The van der Waals surface area contributed by atoms with Gasteiger partial charge in [0.2, 0.25) is 0 Å². The zero-order chi connectivity index (χ0) is 19.7. The number of phenolic OH excluding ortho intramolecular Hbond substituents is 1. The Bertz CT molecular complexity index is 1140. The highest BCUT2D eigenvalue weighted by Crippen LogP contribution is 2.42. The molecule has 0 spiro atoms. The van der Waals surface area contributed by atoms with Crippen LogP contribution in [0.1, 0.15) is 5.56 Å². The molecule has 1 N–H and O–H groups in total. The number of fused-ring (bicyclic) bond motifs is 1. The molecule has 0 saturated carbocycles. The van der Waals surface area contributed by atoms with Crippen molar-refractivity contribution in [3.05, 3.63) is 84.6 Å². The number of para-hydroxylation sites is 2. The quantitative estimate of drug-likeness (QED) is 0.445. The summed E-state index contributed by atoms with van der Waals surface area (Å²) in [6.45, 7) is 0. The molecule has 0 radical (unpaired) electrons. The number of aromatic nitrogens is 1. The number of hydrogen-bond acceptors (Lipinski definition) is 3. The summed E-state index contributed by atoms with van der Waals surface area (Å²) in [6, 6.07) is 19.1. The van der Waals surface area contributed by atoms with Crippen LogP contribution in [0.3, 0.4) is 0 Å². The van der Waals surface area contributed by atoms with Crippen LogP contribution in [0.2, 0.25) is 0 Å². The fourth-order valence-electron chi connectivity index (χ4n) is 3.09. The van der Waals surface area contributed by atoms with Crippen LogP contribution < -0.4 is 4.74 Å². The molecule has 0 aliphatic rings. The first kappa shape index (κ1) is 17.9. The molecule has 3 aromatic carbocycles. The summed E-state index contributed by atoms with van der Waals surface area (Å²) in [4.78, 5) is 4.04. The molecule has 0 amide bonds. The lowest BCUT2D eigenvalue weighted by atomic mass is 9.98. The van der Waals surface area contributed by atoms with Crippen LogP contribution in [0, 0.1) is 0 Å². The molecule has 1 aromatic heterocycles. The lowest BCUT2D eigenvalue weighted by Crippen LogP contribution is -2.07. The van der Waals surface area contributed by atoms with Gasteiger partial charge in [-0.3, -0.25) is 4.98 Å². The van der Waals surface area contributed by atoms with Gasteiger partial charge in [0.15, 0.2) is 5.75 Å². The van der Waals surface area contributed by atoms with Gasteiger partial charge in [-0.2, -0.15) is 13.2 Å². The molecule has 28 heavy (non-hydrogen) atoms. The zero-order valence-corrected chi connectivity index (χ0v) is 14.4. The highest BCUT2D eigenvalue weighted by atomic mass is 19.4. The van der Waals surface area contributed by atoms with E-state index in [0.29, 0.717) is 22.6 Å². The van der Waals surface area contributed by atoms with Crippen molar-refractivity contribution in [1.29, 1.82) is 0 Å². The summed E-state index contributed by atoms with van der Waals surface area (Å²) in [5.74, 6) is 0.820. The maximum atomic E-state index is 13.5. The number of pyridine rings is 1. The lowest BCUT2D eigenvalue weighted by molar-refractivity contribution is -0.136. The highest BCUT2D eigenvalue weighted by molar-refractivity contribution is 5.99. The topological polar surface area (TPSA) is 42.4 Å². The van der Waals surface area contributed by atoms with Crippen molar-refractivity contribution in [1.82, 2.24) is 4.98 Å². The molecule has 6 heteroatoms. The summed E-state index contributed by atoms with van der Waals surface area (Å²) in [6.07, 6.45) is -3.26. The van der Waals surface area contributed by atoms with Crippen molar-refractivity contribution in [2.45, 2.75) is 6.18 Å². The minimum atomic E-state index is -4.54. The van der Waals surface area contributed by atoms with Crippen molar-refractivity contribution in [3.8, 4) is 28.4 Å². The number of nitrogens with zero attached hydrogens (tertiary/aromatic N) is 1. The van der Waals surface area contributed by atoms with E-state index in [2.05, 4.69) is 4.98 Å².